The Hall–Kier alpha value is -2.15. The zero-order valence-corrected chi connectivity index (χ0v) is 14.4. The van der Waals surface area contributed by atoms with Gasteiger partial charge in [-0.3, -0.25) is 10.1 Å². The fourth-order valence-corrected chi connectivity index (χ4v) is 3.17. The quantitative estimate of drug-likeness (QED) is 0.381. The first-order valence-corrected chi connectivity index (χ1v) is 8.97. The van der Waals surface area contributed by atoms with Crippen molar-refractivity contribution in [3.05, 3.63) is 39.9 Å². The lowest BCUT2D eigenvalue weighted by Crippen LogP contribution is -2.44. The molecule has 7 nitrogen and oxygen atoms in total. The van der Waals surface area contributed by atoms with Crippen LogP contribution in [0.3, 0.4) is 0 Å². The molecular weight excluding hydrogens is 322 g/mol. The Morgan fingerprint density at radius 3 is 2.44 bits per heavy atom. The molecule has 0 saturated heterocycles. The van der Waals surface area contributed by atoms with Crippen LogP contribution in [0.5, 0.6) is 0 Å². The van der Waals surface area contributed by atoms with Crippen LogP contribution in [0.4, 0.5) is 10.5 Å². The second kappa shape index (κ2) is 9.98. The van der Waals surface area contributed by atoms with Crippen molar-refractivity contribution >= 4 is 11.7 Å². The van der Waals surface area contributed by atoms with Gasteiger partial charge in [-0.15, -0.1) is 0 Å². The molecule has 0 unspecified atom stereocenters. The number of carbonyl (C=O) groups excluding carboxylic acids is 1. The van der Waals surface area contributed by atoms with E-state index in [0.717, 1.165) is 50.5 Å². The van der Waals surface area contributed by atoms with Crippen molar-refractivity contribution in [1.29, 1.82) is 0 Å². The van der Waals surface area contributed by atoms with E-state index in [9.17, 15) is 14.9 Å². The van der Waals surface area contributed by atoms with Crippen molar-refractivity contribution in [3.8, 4) is 0 Å². The number of hydrogen-bond donors (Lipinski definition) is 3. The fourth-order valence-electron chi connectivity index (χ4n) is 3.17. The standard InChI is InChI=1S/C18H27N3O4/c22-13-15-4-8-16(9-5-15)20-18(23)19-12-2-1-3-14-6-10-17(11-7-14)21(24)25/h6-7,10-11,15-16,22H,1-5,8-9,12-13H2,(H2,19,20,23). The number of non-ortho nitro benzene ring substituents is 1. The van der Waals surface area contributed by atoms with Crippen LogP contribution in [0.25, 0.3) is 0 Å². The average Bonchev–Trinajstić information content (AvgIpc) is 2.62. The van der Waals surface area contributed by atoms with Gasteiger partial charge in [0.05, 0.1) is 4.92 Å². The van der Waals surface area contributed by atoms with Gasteiger partial charge in [0, 0.05) is 31.3 Å². The summed E-state index contributed by atoms with van der Waals surface area (Å²) in [4.78, 5) is 22.1. The number of nitro benzene ring substituents is 1. The van der Waals surface area contributed by atoms with Crippen LogP contribution in [0.1, 0.15) is 44.1 Å². The molecule has 1 aliphatic carbocycles. The van der Waals surface area contributed by atoms with Crippen LogP contribution in [-0.2, 0) is 6.42 Å². The summed E-state index contributed by atoms with van der Waals surface area (Å²) in [7, 11) is 0. The summed E-state index contributed by atoms with van der Waals surface area (Å²) in [6.45, 7) is 0.860. The third-order valence-corrected chi connectivity index (χ3v) is 4.77. The normalized spacial score (nSPS) is 20.0. The number of nitro groups is 1. The molecule has 25 heavy (non-hydrogen) atoms. The maximum absolute atomic E-state index is 11.9. The van der Waals surface area contributed by atoms with Gasteiger partial charge in [-0.25, -0.2) is 4.79 Å². The van der Waals surface area contributed by atoms with Gasteiger partial charge < -0.3 is 15.7 Å². The molecule has 0 aliphatic heterocycles. The van der Waals surface area contributed by atoms with Gasteiger partial charge in [0.2, 0.25) is 0 Å². The maximum Gasteiger partial charge on any atom is 0.315 e. The highest BCUT2D eigenvalue weighted by Gasteiger charge is 2.21. The van der Waals surface area contributed by atoms with Gasteiger partial charge in [0.15, 0.2) is 0 Å². The van der Waals surface area contributed by atoms with Crippen LogP contribution in [0.2, 0.25) is 0 Å². The lowest BCUT2D eigenvalue weighted by Gasteiger charge is -2.27. The highest BCUT2D eigenvalue weighted by molar-refractivity contribution is 5.74. The van der Waals surface area contributed by atoms with Crippen LogP contribution in [-0.4, -0.2) is 35.3 Å². The molecule has 0 atom stereocenters. The van der Waals surface area contributed by atoms with E-state index in [1.54, 1.807) is 12.1 Å². The van der Waals surface area contributed by atoms with Crippen molar-refractivity contribution < 1.29 is 14.8 Å². The molecule has 1 saturated carbocycles. The molecule has 0 spiro atoms. The monoisotopic (exact) mass is 349 g/mol. The van der Waals surface area contributed by atoms with E-state index >= 15 is 0 Å². The molecule has 1 fully saturated rings. The first-order valence-electron chi connectivity index (χ1n) is 8.97. The smallest absolute Gasteiger partial charge is 0.315 e. The maximum atomic E-state index is 11.9. The molecule has 0 aromatic heterocycles. The summed E-state index contributed by atoms with van der Waals surface area (Å²) in [5.41, 5.74) is 1.17. The number of aliphatic hydroxyl groups excluding tert-OH is 1. The number of carbonyl (C=O) groups is 1. The molecule has 0 heterocycles. The molecule has 7 heteroatoms. The van der Waals surface area contributed by atoms with E-state index in [0.29, 0.717) is 12.5 Å². The Labute approximate surface area is 148 Å². The molecule has 0 radical (unpaired) electrons. The van der Waals surface area contributed by atoms with E-state index < -0.39 is 4.92 Å². The van der Waals surface area contributed by atoms with Crippen molar-refractivity contribution in [2.45, 2.75) is 51.0 Å². The largest absolute Gasteiger partial charge is 0.396 e. The van der Waals surface area contributed by atoms with E-state index in [2.05, 4.69) is 10.6 Å². The number of rotatable bonds is 8. The molecule has 1 aromatic rings. The summed E-state index contributed by atoms with van der Waals surface area (Å²) in [6, 6.07) is 6.69. The van der Waals surface area contributed by atoms with Crippen LogP contribution in [0, 0.1) is 16.0 Å². The lowest BCUT2D eigenvalue weighted by molar-refractivity contribution is -0.384. The number of nitrogens with zero attached hydrogens (tertiary/aromatic N) is 1. The van der Waals surface area contributed by atoms with Crippen LogP contribution >= 0.6 is 0 Å². The molecule has 1 aliphatic rings. The topological polar surface area (TPSA) is 104 Å². The number of hydrogen-bond acceptors (Lipinski definition) is 4. The second-order valence-corrected chi connectivity index (χ2v) is 6.68. The Bertz CT molecular complexity index is 554. The fraction of sp³-hybridized carbons (Fsp3) is 0.611. The van der Waals surface area contributed by atoms with Crippen molar-refractivity contribution in [2.75, 3.05) is 13.2 Å². The number of benzene rings is 1. The van der Waals surface area contributed by atoms with Gasteiger partial charge >= 0.3 is 6.03 Å². The Morgan fingerprint density at radius 1 is 1.16 bits per heavy atom. The SMILES string of the molecule is O=C(NCCCCc1ccc([N+](=O)[O-])cc1)NC1CCC(CO)CC1. The highest BCUT2D eigenvalue weighted by atomic mass is 16.6. The summed E-state index contributed by atoms with van der Waals surface area (Å²) >= 11 is 0. The summed E-state index contributed by atoms with van der Waals surface area (Å²) in [5.74, 6) is 0.389. The van der Waals surface area contributed by atoms with Crippen LogP contribution < -0.4 is 10.6 Å². The molecule has 3 N–H and O–H groups in total. The number of aliphatic hydroxyl groups is 1. The second-order valence-electron chi connectivity index (χ2n) is 6.68. The van der Waals surface area contributed by atoms with Gasteiger partial charge in [0.25, 0.3) is 5.69 Å². The predicted molar refractivity (Wildman–Crippen MR) is 95.4 cm³/mol. The molecule has 138 valence electrons. The minimum absolute atomic E-state index is 0.107. The first kappa shape index (κ1) is 19.2. The van der Waals surface area contributed by atoms with Gasteiger partial charge in [0.1, 0.15) is 0 Å². The first-order chi connectivity index (χ1) is 12.1. The zero-order chi connectivity index (χ0) is 18.1. The van der Waals surface area contributed by atoms with E-state index in [4.69, 9.17) is 5.11 Å². The summed E-state index contributed by atoms with van der Waals surface area (Å²) in [5, 5.41) is 25.6. The van der Waals surface area contributed by atoms with Gasteiger partial charge in [-0.1, -0.05) is 12.1 Å². The predicted octanol–water partition coefficient (Wildman–Crippen LogP) is 2.77. The van der Waals surface area contributed by atoms with Gasteiger partial charge in [-0.05, 0) is 56.4 Å². The number of urea groups is 1. The minimum atomic E-state index is -0.400. The van der Waals surface area contributed by atoms with Crippen molar-refractivity contribution in [3.63, 3.8) is 0 Å². The molecule has 2 rings (SSSR count). The summed E-state index contributed by atoms with van der Waals surface area (Å²) < 4.78 is 0. The highest BCUT2D eigenvalue weighted by Crippen LogP contribution is 2.23. The number of unbranched alkanes of at least 4 members (excludes halogenated alkanes) is 1. The van der Waals surface area contributed by atoms with E-state index in [1.165, 1.54) is 12.1 Å². The molecule has 1 aromatic carbocycles. The zero-order valence-electron chi connectivity index (χ0n) is 14.4. The Balaban J connectivity index is 1.55. The Morgan fingerprint density at radius 2 is 1.84 bits per heavy atom. The van der Waals surface area contributed by atoms with E-state index in [-0.39, 0.29) is 24.4 Å². The van der Waals surface area contributed by atoms with Crippen molar-refractivity contribution in [2.24, 2.45) is 5.92 Å². The lowest BCUT2D eigenvalue weighted by atomic mass is 9.87. The van der Waals surface area contributed by atoms with Crippen LogP contribution in [0.15, 0.2) is 24.3 Å². The number of amides is 2. The average molecular weight is 349 g/mol. The third kappa shape index (κ3) is 6.70. The van der Waals surface area contributed by atoms with E-state index in [1.807, 2.05) is 0 Å². The molecule has 0 bridgehead atoms. The van der Waals surface area contributed by atoms with Crippen molar-refractivity contribution in [1.82, 2.24) is 10.6 Å². The third-order valence-electron chi connectivity index (χ3n) is 4.77. The number of aryl methyl sites for hydroxylation is 1. The van der Waals surface area contributed by atoms with Gasteiger partial charge in [-0.2, -0.15) is 0 Å². The molecular formula is C18H27N3O4. The minimum Gasteiger partial charge on any atom is -0.396 e. The summed E-state index contributed by atoms with van der Waals surface area (Å²) in [6.07, 6.45) is 6.42. The number of nitrogens with one attached hydrogen (secondary N) is 2. The molecule has 2 amide bonds. The Kier molecular flexibility index (Phi) is 7.66.